The number of aromatic nitrogens is 1. The molecule has 0 atom stereocenters. The monoisotopic (exact) mass is 486 g/mol. The number of aliphatic imine (C=N–C) groups is 1. The fourth-order valence-electron chi connectivity index (χ4n) is 4.54. The quantitative estimate of drug-likeness (QED) is 0.187. The molecule has 0 spiro atoms. The Kier molecular flexibility index (Phi) is 6.81. The zero-order valence-electron chi connectivity index (χ0n) is 21.3. The maximum absolute atomic E-state index is 5.22. The summed E-state index contributed by atoms with van der Waals surface area (Å²) in [5.41, 5.74) is 5.15. The van der Waals surface area contributed by atoms with Gasteiger partial charge in [-0.25, -0.2) is 4.98 Å². The van der Waals surface area contributed by atoms with E-state index in [0.717, 1.165) is 28.0 Å². The highest BCUT2D eigenvalue weighted by Gasteiger charge is 2.20. The average Bonchev–Trinajstić information content (AvgIpc) is 2.90. The van der Waals surface area contributed by atoms with Gasteiger partial charge < -0.3 is 0 Å². The summed E-state index contributed by atoms with van der Waals surface area (Å²) < 4.78 is 0. The van der Waals surface area contributed by atoms with Crippen LogP contribution in [0.25, 0.3) is 10.9 Å². The molecule has 0 aliphatic carbocycles. The minimum absolute atomic E-state index is 0.0194. The van der Waals surface area contributed by atoms with Crippen LogP contribution in [0.2, 0.25) is 0 Å². The first-order chi connectivity index (χ1) is 17.4. The Bertz CT molecular complexity index is 1480. The molecule has 4 aromatic carbocycles. The van der Waals surface area contributed by atoms with Crippen LogP contribution in [0, 0.1) is 0 Å². The molecule has 178 valence electrons. The maximum Gasteiger partial charge on any atom is 0.0849 e. The minimum atomic E-state index is -0.749. The molecule has 5 rings (SSSR count). The van der Waals surface area contributed by atoms with Crippen LogP contribution in [0.3, 0.4) is 0 Å². The number of fused-ring (bicyclic) bond motifs is 1. The van der Waals surface area contributed by atoms with Crippen LogP contribution >= 0.6 is 7.92 Å². The van der Waals surface area contributed by atoms with Gasteiger partial charge in [0.25, 0.3) is 0 Å². The molecular formula is C33H31N2P. The lowest BCUT2D eigenvalue weighted by molar-refractivity contribution is 0.591. The van der Waals surface area contributed by atoms with Gasteiger partial charge in [0.2, 0.25) is 0 Å². The Balaban J connectivity index is 1.66. The van der Waals surface area contributed by atoms with Crippen LogP contribution < -0.4 is 15.9 Å². The fraction of sp³-hybridized carbons (Fsp3) is 0.152. The molecule has 0 saturated heterocycles. The predicted molar refractivity (Wildman–Crippen MR) is 157 cm³/mol. The van der Waals surface area contributed by atoms with E-state index in [1.807, 2.05) is 0 Å². The van der Waals surface area contributed by atoms with Crippen LogP contribution in [0.4, 0.5) is 5.69 Å². The molecule has 1 aromatic heterocycles. The van der Waals surface area contributed by atoms with Gasteiger partial charge in [0.15, 0.2) is 0 Å². The van der Waals surface area contributed by atoms with E-state index in [1.165, 1.54) is 21.5 Å². The third-order valence-corrected chi connectivity index (χ3v) is 8.81. The molecule has 0 aliphatic heterocycles. The first-order valence-corrected chi connectivity index (χ1v) is 13.7. The van der Waals surface area contributed by atoms with Gasteiger partial charge in [-0.05, 0) is 48.6 Å². The molecule has 0 radical (unpaired) electrons. The van der Waals surface area contributed by atoms with Crippen LogP contribution in [0.15, 0.2) is 120 Å². The van der Waals surface area contributed by atoms with Crippen molar-refractivity contribution >= 4 is 46.1 Å². The van der Waals surface area contributed by atoms with E-state index in [2.05, 4.69) is 143 Å². The molecule has 0 N–H and O–H groups in total. The van der Waals surface area contributed by atoms with E-state index in [4.69, 9.17) is 9.98 Å². The number of rotatable bonds is 5. The zero-order valence-corrected chi connectivity index (χ0v) is 22.2. The van der Waals surface area contributed by atoms with Crippen molar-refractivity contribution in [3.63, 3.8) is 0 Å². The van der Waals surface area contributed by atoms with Crippen molar-refractivity contribution in [3.05, 3.63) is 127 Å². The lowest BCUT2D eigenvalue weighted by Crippen LogP contribution is -2.22. The number of hydrogen-bond donors (Lipinski definition) is 0. The summed E-state index contributed by atoms with van der Waals surface area (Å²) in [6.45, 7) is 8.75. The minimum Gasteiger partial charge on any atom is -0.251 e. The van der Waals surface area contributed by atoms with E-state index in [9.17, 15) is 0 Å². The summed E-state index contributed by atoms with van der Waals surface area (Å²) in [6, 6.07) is 40.8. The Labute approximate surface area is 215 Å². The Hall–Kier alpha value is -3.61. The SMILES string of the molecule is CC(=Nc1ccccc1C(C)(C)C)c1ccc2cccc(P(c3ccccc3)c3ccccc3)c2n1. The van der Waals surface area contributed by atoms with Gasteiger partial charge in [0, 0.05) is 10.7 Å². The van der Waals surface area contributed by atoms with Gasteiger partial charge in [-0.1, -0.05) is 124 Å². The van der Waals surface area contributed by atoms with Gasteiger partial charge in [0.05, 0.1) is 22.6 Å². The number of para-hydroxylation sites is 2. The third-order valence-electron chi connectivity index (χ3n) is 6.34. The van der Waals surface area contributed by atoms with Crippen molar-refractivity contribution in [2.75, 3.05) is 0 Å². The second kappa shape index (κ2) is 10.2. The van der Waals surface area contributed by atoms with Crippen molar-refractivity contribution in [1.82, 2.24) is 4.98 Å². The van der Waals surface area contributed by atoms with E-state index >= 15 is 0 Å². The van der Waals surface area contributed by atoms with Crippen molar-refractivity contribution in [1.29, 1.82) is 0 Å². The Morgan fingerprint density at radius 2 is 1.28 bits per heavy atom. The summed E-state index contributed by atoms with van der Waals surface area (Å²) in [6.07, 6.45) is 0. The lowest BCUT2D eigenvalue weighted by atomic mass is 9.86. The molecule has 0 bridgehead atoms. The molecule has 1 heterocycles. The van der Waals surface area contributed by atoms with E-state index < -0.39 is 7.92 Å². The summed E-state index contributed by atoms with van der Waals surface area (Å²) >= 11 is 0. The maximum atomic E-state index is 5.22. The van der Waals surface area contributed by atoms with Crippen molar-refractivity contribution < 1.29 is 0 Å². The molecule has 0 amide bonds. The van der Waals surface area contributed by atoms with Crippen molar-refractivity contribution in [2.24, 2.45) is 4.99 Å². The van der Waals surface area contributed by atoms with E-state index in [-0.39, 0.29) is 5.41 Å². The number of nitrogens with zero attached hydrogens (tertiary/aromatic N) is 2. The molecule has 3 heteroatoms. The molecule has 5 aromatic rings. The standard InChI is InChI=1S/C33H31N2P/c1-24(34-30-20-12-11-19-28(30)33(2,3)4)29-23-22-25-14-13-21-31(32(25)35-29)36(26-15-7-5-8-16-26)27-17-9-6-10-18-27/h5-23H,1-4H3. The van der Waals surface area contributed by atoms with Crippen LogP contribution in [0.1, 0.15) is 39.0 Å². The molecular weight excluding hydrogens is 455 g/mol. The highest BCUT2D eigenvalue weighted by atomic mass is 31.1. The lowest BCUT2D eigenvalue weighted by Gasteiger charge is -2.21. The largest absolute Gasteiger partial charge is 0.251 e. The van der Waals surface area contributed by atoms with Crippen LogP contribution in [-0.2, 0) is 5.41 Å². The van der Waals surface area contributed by atoms with Gasteiger partial charge in [0.1, 0.15) is 0 Å². The van der Waals surface area contributed by atoms with Gasteiger partial charge in [-0.2, -0.15) is 0 Å². The first kappa shape index (κ1) is 24.1. The number of benzene rings is 4. The Morgan fingerprint density at radius 1 is 0.667 bits per heavy atom. The third kappa shape index (κ3) is 5.01. The summed E-state index contributed by atoms with van der Waals surface area (Å²) in [5, 5.41) is 5.06. The van der Waals surface area contributed by atoms with Gasteiger partial charge in [-0.3, -0.25) is 4.99 Å². The highest BCUT2D eigenvalue weighted by Crippen LogP contribution is 2.35. The van der Waals surface area contributed by atoms with Crippen LogP contribution in [-0.4, -0.2) is 10.7 Å². The summed E-state index contributed by atoms with van der Waals surface area (Å²) in [4.78, 5) is 10.3. The molecule has 0 unspecified atom stereocenters. The topological polar surface area (TPSA) is 25.2 Å². The average molecular weight is 487 g/mol. The second-order valence-corrected chi connectivity index (χ2v) is 12.2. The molecule has 0 aliphatic rings. The molecule has 2 nitrogen and oxygen atoms in total. The van der Waals surface area contributed by atoms with Crippen molar-refractivity contribution in [2.45, 2.75) is 33.1 Å². The summed E-state index contributed by atoms with van der Waals surface area (Å²) in [7, 11) is -0.749. The predicted octanol–water partition coefficient (Wildman–Crippen LogP) is 7.43. The fourth-order valence-corrected chi connectivity index (χ4v) is 6.96. The smallest absolute Gasteiger partial charge is 0.0849 e. The molecule has 0 fully saturated rings. The molecule has 0 saturated carbocycles. The number of hydrogen-bond acceptors (Lipinski definition) is 2. The Morgan fingerprint density at radius 3 is 1.92 bits per heavy atom. The van der Waals surface area contributed by atoms with E-state index in [1.54, 1.807) is 0 Å². The van der Waals surface area contributed by atoms with E-state index in [0.29, 0.717) is 0 Å². The van der Waals surface area contributed by atoms with Gasteiger partial charge in [-0.15, -0.1) is 0 Å². The molecule has 36 heavy (non-hydrogen) atoms. The first-order valence-electron chi connectivity index (χ1n) is 12.4. The summed E-state index contributed by atoms with van der Waals surface area (Å²) in [5.74, 6) is 0. The zero-order chi connectivity index (χ0) is 25.1. The highest BCUT2D eigenvalue weighted by molar-refractivity contribution is 7.80. The van der Waals surface area contributed by atoms with Gasteiger partial charge >= 0.3 is 0 Å². The second-order valence-electron chi connectivity index (χ2n) is 10.0. The normalized spacial score (nSPS) is 12.3. The number of pyridine rings is 1. The van der Waals surface area contributed by atoms with Crippen molar-refractivity contribution in [3.8, 4) is 0 Å². The van der Waals surface area contributed by atoms with Crippen LogP contribution in [0.5, 0.6) is 0 Å².